The van der Waals surface area contributed by atoms with Crippen LogP contribution in [-0.2, 0) is 6.42 Å². The minimum atomic E-state index is 0.759. The molecule has 0 aliphatic heterocycles. The second kappa shape index (κ2) is 6.99. The van der Waals surface area contributed by atoms with Crippen LogP contribution in [0.5, 0.6) is 0 Å². The molecule has 2 nitrogen and oxygen atoms in total. The smallest absolute Gasteiger partial charge is 0.227 e. The van der Waals surface area contributed by atoms with E-state index in [0.717, 1.165) is 23.4 Å². The van der Waals surface area contributed by atoms with Crippen LogP contribution in [0.3, 0.4) is 0 Å². The number of fused-ring (bicyclic) bond motifs is 1. The Bertz CT molecular complexity index is 768. The molecule has 0 saturated carbocycles. The van der Waals surface area contributed by atoms with Crippen molar-refractivity contribution >= 4 is 11.1 Å². The zero-order valence-electron chi connectivity index (χ0n) is 14.4. The van der Waals surface area contributed by atoms with E-state index in [1.54, 1.807) is 0 Å². The number of hydrogen-bond donors (Lipinski definition) is 0. The normalized spacial score (nSPS) is 11.3. The highest BCUT2D eigenvalue weighted by Gasteiger charge is 2.15. The van der Waals surface area contributed by atoms with Gasteiger partial charge in [-0.25, -0.2) is 4.98 Å². The standard InChI is InChI=1S/C21H25NO/c1-4-5-6-7-10-17-14-15(2)13-16(3)20(17)21-22-18-11-8-9-12-19(18)23-21/h8-9,11-14H,4-7,10H2,1-3H3. The van der Waals surface area contributed by atoms with Crippen molar-refractivity contribution in [3.63, 3.8) is 0 Å². The Morgan fingerprint density at radius 2 is 1.83 bits per heavy atom. The zero-order chi connectivity index (χ0) is 16.2. The fourth-order valence-corrected chi connectivity index (χ4v) is 3.28. The van der Waals surface area contributed by atoms with E-state index in [1.165, 1.54) is 47.9 Å². The van der Waals surface area contributed by atoms with Crippen LogP contribution in [0.25, 0.3) is 22.6 Å². The lowest BCUT2D eigenvalue weighted by Crippen LogP contribution is -1.96. The minimum absolute atomic E-state index is 0.759. The van der Waals surface area contributed by atoms with E-state index in [-0.39, 0.29) is 0 Å². The summed E-state index contributed by atoms with van der Waals surface area (Å²) >= 11 is 0. The molecule has 3 aromatic rings. The molecule has 0 N–H and O–H groups in total. The van der Waals surface area contributed by atoms with Crippen LogP contribution in [0.2, 0.25) is 0 Å². The number of aryl methyl sites for hydroxylation is 3. The zero-order valence-corrected chi connectivity index (χ0v) is 14.4. The van der Waals surface area contributed by atoms with Gasteiger partial charge in [-0.3, -0.25) is 0 Å². The van der Waals surface area contributed by atoms with Crippen molar-refractivity contribution in [3.05, 3.63) is 53.1 Å². The van der Waals surface area contributed by atoms with Gasteiger partial charge in [-0.2, -0.15) is 0 Å². The molecular formula is C21H25NO. The third-order valence-electron chi connectivity index (χ3n) is 4.37. The van der Waals surface area contributed by atoms with E-state index in [4.69, 9.17) is 9.40 Å². The van der Waals surface area contributed by atoms with E-state index in [9.17, 15) is 0 Å². The van der Waals surface area contributed by atoms with Gasteiger partial charge < -0.3 is 4.42 Å². The summed E-state index contributed by atoms with van der Waals surface area (Å²) in [5, 5.41) is 0. The van der Waals surface area contributed by atoms with Crippen molar-refractivity contribution in [2.75, 3.05) is 0 Å². The van der Waals surface area contributed by atoms with Gasteiger partial charge in [0.2, 0.25) is 5.89 Å². The number of nitrogens with zero attached hydrogens (tertiary/aromatic N) is 1. The van der Waals surface area contributed by atoms with Gasteiger partial charge in [0.05, 0.1) is 0 Å². The van der Waals surface area contributed by atoms with Gasteiger partial charge in [-0.05, 0) is 49.9 Å². The lowest BCUT2D eigenvalue weighted by molar-refractivity contribution is 0.616. The quantitative estimate of drug-likeness (QED) is 0.504. The van der Waals surface area contributed by atoms with E-state index in [1.807, 2.05) is 24.3 Å². The molecule has 0 atom stereocenters. The lowest BCUT2D eigenvalue weighted by Gasteiger charge is -2.11. The Labute approximate surface area is 138 Å². The van der Waals surface area contributed by atoms with Crippen LogP contribution >= 0.6 is 0 Å². The van der Waals surface area contributed by atoms with Crippen LogP contribution in [-0.4, -0.2) is 4.98 Å². The van der Waals surface area contributed by atoms with Crippen molar-refractivity contribution < 1.29 is 4.42 Å². The number of benzene rings is 2. The van der Waals surface area contributed by atoms with Crippen LogP contribution in [0, 0.1) is 13.8 Å². The van der Waals surface area contributed by atoms with E-state index in [0.29, 0.717) is 0 Å². The summed E-state index contributed by atoms with van der Waals surface area (Å²) in [6, 6.07) is 12.5. The summed E-state index contributed by atoms with van der Waals surface area (Å²) in [6.07, 6.45) is 6.19. The summed E-state index contributed by atoms with van der Waals surface area (Å²) < 4.78 is 6.03. The summed E-state index contributed by atoms with van der Waals surface area (Å²) in [6.45, 7) is 6.58. The monoisotopic (exact) mass is 307 g/mol. The fourth-order valence-electron chi connectivity index (χ4n) is 3.28. The van der Waals surface area contributed by atoms with Crippen LogP contribution in [0.1, 0.15) is 49.3 Å². The average molecular weight is 307 g/mol. The fraction of sp³-hybridized carbons (Fsp3) is 0.381. The topological polar surface area (TPSA) is 26.0 Å². The van der Waals surface area contributed by atoms with Crippen LogP contribution in [0.4, 0.5) is 0 Å². The van der Waals surface area contributed by atoms with Gasteiger partial charge in [0.25, 0.3) is 0 Å². The number of aromatic nitrogens is 1. The maximum Gasteiger partial charge on any atom is 0.227 e. The molecule has 2 heteroatoms. The molecule has 120 valence electrons. The van der Waals surface area contributed by atoms with Gasteiger partial charge in [-0.1, -0.05) is 56.0 Å². The SMILES string of the molecule is CCCCCCc1cc(C)cc(C)c1-c1nc2ccccc2o1. The molecule has 0 spiro atoms. The highest BCUT2D eigenvalue weighted by atomic mass is 16.3. The molecule has 0 unspecified atom stereocenters. The van der Waals surface area contributed by atoms with Crippen molar-refractivity contribution in [1.29, 1.82) is 0 Å². The maximum atomic E-state index is 6.03. The molecule has 0 bridgehead atoms. The molecule has 3 rings (SSSR count). The molecule has 0 radical (unpaired) electrons. The van der Waals surface area contributed by atoms with E-state index in [2.05, 4.69) is 32.9 Å². The van der Waals surface area contributed by atoms with Crippen molar-refractivity contribution in [2.45, 2.75) is 52.9 Å². The van der Waals surface area contributed by atoms with Crippen LogP contribution < -0.4 is 0 Å². The molecule has 1 aromatic heterocycles. The van der Waals surface area contributed by atoms with Gasteiger partial charge >= 0.3 is 0 Å². The second-order valence-electron chi connectivity index (χ2n) is 6.41. The summed E-state index contributed by atoms with van der Waals surface area (Å²) in [7, 11) is 0. The van der Waals surface area contributed by atoms with Crippen molar-refractivity contribution in [1.82, 2.24) is 4.98 Å². The number of unbranched alkanes of at least 4 members (excludes halogenated alkanes) is 3. The van der Waals surface area contributed by atoms with Gasteiger partial charge in [0.15, 0.2) is 5.58 Å². The Balaban J connectivity index is 1.99. The average Bonchev–Trinajstić information content (AvgIpc) is 2.94. The third kappa shape index (κ3) is 3.47. The molecule has 0 aliphatic rings. The Kier molecular flexibility index (Phi) is 4.80. The predicted molar refractivity (Wildman–Crippen MR) is 96.8 cm³/mol. The van der Waals surface area contributed by atoms with Gasteiger partial charge in [0, 0.05) is 5.56 Å². The Morgan fingerprint density at radius 3 is 2.61 bits per heavy atom. The highest BCUT2D eigenvalue weighted by molar-refractivity contribution is 5.77. The first-order valence-electron chi connectivity index (χ1n) is 8.65. The molecule has 0 fully saturated rings. The van der Waals surface area contributed by atoms with Crippen molar-refractivity contribution in [3.8, 4) is 11.5 Å². The van der Waals surface area contributed by atoms with Crippen LogP contribution in [0.15, 0.2) is 40.8 Å². The lowest BCUT2D eigenvalue weighted by atomic mass is 9.94. The molecule has 0 amide bonds. The number of rotatable bonds is 6. The summed E-state index contributed by atoms with van der Waals surface area (Å²) in [5.74, 6) is 0.759. The van der Waals surface area contributed by atoms with E-state index >= 15 is 0 Å². The number of para-hydroxylation sites is 2. The highest BCUT2D eigenvalue weighted by Crippen LogP contribution is 2.31. The summed E-state index contributed by atoms with van der Waals surface area (Å²) in [4.78, 5) is 4.71. The second-order valence-corrected chi connectivity index (χ2v) is 6.41. The third-order valence-corrected chi connectivity index (χ3v) is 4.37. The first kappa shape index (κ1) is 15.8. The van der Waals surface area contributed by atoms with Crippen molar-refractivity contribution in [2.24, 2.45) is 0 Å². The largest absolute Gasteiger partial charge is 0.436 e. The van der Waals surface area contributed by atoms with Gasteiger partial charge in [0.1, 0.15) is 5.52 Å². The molecular weight excluding hydrogens is 282 g/mol. The number of oxazole rings is 1. The first-order valence-corrected chi connectivity index (χ1v) is 8.65. The molecule has 23 heavy (non-hydrogen) atoms. The minimum Gasteiger partial charge on any atom is -0.436 e. The predicted octanol–water partition coefficient (Wildman–Crippen LogP) is 6.23. The molecule has 2 aromatic carbocycles. The molecule has 0 saturated heterocycles. The maximum absolute atomic E-state index is 6.03. The number of hydrogen-bond acceptors (Lipinski definition) is 2. The first-order chi connectivity index (χ1) is 11.2. The van der Waals surface area contributed by atoms with E-state index < -0.39 is 0 Å². The van der Waals surface area contributed by atoms with Gasteiger partial charge in [-0.15, -0.1) is 0 Å². The summed E-state index contributed by atoms with van der Waals surface area (Å²) in [5.41, 5.74) is 6.90. The Morgan fingerprint density at radius 1 is 1.00 bits per heavy atom. The molecule has 1 heterocycles. The molecule has 0 aliphatic carbocycles. The Hall–Kier alpha value is -2.09.